The van der Waals surface area contributed by atoms with Gasteiger partial charge < -0.3 is 21.1 Å². The second-order valence-electron chi connectivity index (χ2n) is 7.13. The van der Waals surface area contributed by atoms with Crippen LogP contribution in [0.2, 0.25) is 0 Å². The number of nitrogens with two attached hydrogens (primary N) is 1. The van der Waals surface area contributed by atoms with Crippen LogP contribution in [0.4, 0.5) is 0 Å². The summed E-state index contributed by atoms with van der Waals surface area (Å²) in [6.45, 7) is 5.19. The minimum Gasteiger partial charge on any atom is -0.381 e. The maximum absolute atomic E-state index is 6.11. The smallest absolute Gasteiger partial charge is 0.188 e. The lowest BCUT2D eigenvalue weighted by molar-refractivity contribution is 0.0374. The Labute approximate surface area is 166 Å². The van der Waals surface area contributed by atoms with E-state index >= 15 is 0 Å². The van der Waals surface area contributed by atoms with E-state index < -0.39 is 0 Å². The molecule has 1 aliphatic rings. The zero-order valence-electron chi connectivity index (χ0n) is 16.0. The van der Waals surface area contributed by atoms with Gasteiger partial charge >= 0.3 is 0 Å². The number of benzene rings is 1. The first-order chi connectivity index (χ1) is 13.2. The molecule has 0 saturated carbocycles. The molecule has 0 radical (unpaired) electrons. The summed E-state index contributed by atoms with van der Waals surface area (Å²) < 4.78 is 5.59. The van der Waals surface area contributed by atoms with Gasteiger partial charge in [0, 0.05) is 36.2 Å². The van der Waals surface area contributed by atoms with Crippen molar-refractivity contribution in [2.75, 3.05) is 26.3 Å². The molecule has 1 saturated heterocycles. The fourth-order valence-corrected chi connectivity index (χ4v) is 4.16. The second-order valence-corrected chi connectivity index (χ2v) is 8.16. The Balaban J connectivity index is 1.56. The second kappa shape index (κ2) is 9.88. The van der Waals surface area contributed by atoms with E-state index in [4.69, 9.17) is 10.5 Å². The highest BCUT2D eigenvalue weighted by molar-refractivity contribution is 7.09. The van der Waals surface area contributed by atoms with Gasteiger partial charge in [-0.25, -0.2) is 0 Å². The van der Waals surface area contributed by atoms with Crippen LogP contribution in [-0.2, 0) is 11.2 Å². The number of guanidine groups is 1. The van der Waals surface area contributed by atoms with Crippen LogP contribution in [0.1, 0.15) is 36.2 Å². The molecule has 146 valence electrons. The van der Waals surface area contributed by atoms with Crippen molar-refractivity contribution >= 4 is 17.3 Å². The molecule has 6 heteroatoms. The summed E-state index contributed by atoms with van der Waals surface area (Å²) in [6, 6.07) is 15.0. The molecule has 4 N–H and O–H groups in total. The predicted octanol–water partition coefficient (Wildman–Crippen LogP) is 3.09. The van der Waals surface area contributed by atoms with E-state index in [1.807, 2.05) is 6.07 Å². The molecular weight excluding hydrogens is 356 g/mol. The molecule has 27 heavy (non-hydrogen) atoms. The van der Waals surface area contributed by atoms with Gasteiger partial charge in [-0.05, 0) is 43.2 Å². The van der Waals surface area contributed by atoms with Gasteiger partial charge in [-0.1, -0.05) is 36.4 Å². The third kappa shape index (κ3) is 6.06. The molecule has 1 aliphatic heterocycles. The molecule has 0 bridgehead atoms. The van der Waals surface area contributed by atoms with Crippen LogP contribution in [0.25, 0.3) is 0 Å². The van der Waals surface area contributed by atoms with Gasteiger partial charge in [0.05, 0.1) is 6.54 Å². The van der Waals surface area contributed by atoms with Gasteiger partial charge in [0.15, 0.2) is 5.96 Å². The highest BCUT2D eigenvalue weighted by atomic mass is 32.1. The molecule has 1 atom stereocenters. The fraction of sp³-hybridized carbons (Fsp3) is 0.476. The summed E-state index contributed by atoms with van der Waals surface area (Å²) in [5.74, 6) is 0.520. The summed E-state index contributed by atoms with van der Waals surface area (Å²) in [5.41, 5.74) is 7.33. The van der Waals surface area contributed by atoms with E-state index in [-0.39, 0.29) is 11.6 Å². The molecule has 2 aromatic rings. The molecule has 1 unspecified atom stereocenters. The Kier molecular flexibility index (Phi) is 7.26. The van der Waals surface area contributed by atoms with E-state index in [9.17, 15) is 0 Å². The fourth-order valence-electron chi connectivity index (χ4n) is 3.46. The Bertz CT molecular complexity index is 696. The lowest BCUT2D eigenvalue weighted by Gasteiger charge is -2.39. The molecule has 2 heterocycles. The number of hydrogen-bond donors (Lipinski definition) is 3. The minimum absolute atomic E-state index is 0.0758. The zero-order valence-corrected chi connectivity index (χ0v) is 16.8. The SMILES string of the molecule is CC(NC1(CN=C(N)NCCc2cccs2)CCOCC1)c1ccccc1. The van der Waals surface area contributed by atoms with E-state index in [1.165, 1.54) is 10.4 Å². The van der Waals surface area contributed by atoms with Crippen molar-refractivity contribution in [3.8, 4) is 0 Å². The Morgan fingerprint density at radius 2 is 2.00 bits per heavy atom. The summed E-state index contributed by atoms with van der Waals surface area (Å²) in [6.07, 6.45) is 2.85. The number of hydrogen-bond acceptors (Lipinski definition) is 4. The van der Waals surface area contributed by atoms with E-state index in [2.05, 4.69) is 64.3 Å². The van der Waals surface area contributed by atoms with Crippen LogP contribution in [0.15, 0.2) is 52.8 Å². The van der Waals surface area contributed by atoms with Crippen LogP contribution in [0, 0.1) is 0 Å². The first-order valence-corrected chi connectivity index (χ1v) is 10.5. The normalized spacial score (nSPS) is 18.2. The van der Waals surface area contributed by atoms with Gasteiger partial charge in [0.2, 0.25) is 0 Å². The van der Waals surface area contributed by atoms with Crippen LogP contribution in [0.3, 0.4) is 0 Å². The van der Waals surface area contributed by atoms with Crippen LogP contribution in [-0.4, -0.2) is 37.8 Å². The molecule has 5 nitrogen and oxygen atoms in total. The Morgan fingerprint density at radius 3 is 2.70 bits per heavy atom. The van der Waals surface area contributed by atoms with Crippen LogP contribution < -0.4 is 16.4 Å². The van der Waals surface area contributed by atoms with Crippen LogP contribution >= 0.6 is 11.3 Å². The highest BCUT2D eigenvalue weighted by Crippen LogP contribution is 2.25. The van der Waals surface area contributed by atoms with Gasteiger partial charge in [0.1, 0.15) is 0 Å². The van der Waals surface area contributed by atoms with Crippen molar-refractivity contribution in [2.24, 2.45) is 10.7 Å². The standard InChI is InChI=1S/C21H30N4OS/c1-17(18-6-3-2-4-7-18)25-21(10-13-26-14-11-21)16-24-20(22)23-12-9-19-8-5-15-27-19/h2-8,15,17,25H,9-14,16H2,1H3,(H3,22,23,24). The third-order valence-corrected chi connectivity index (χ3v) is 6.02. The average Bonchev–Trinajstić information content (AvgIpc) is 3.21. The molecule has 1 fully saturated rings. The molecule has 0 spiro atoms. The quantitative estimate of drug-likeness (QED) is 0.482. The van der Waals surface area contributed by atoms with Crippen molar-refractivity contribution < 1.29 is 4.74 Å². The van der Waals surface area contributed by atoms with Crippen molar-refractivity contribution in [2.45, 2.75) is 37.8 Å². The topological polar surface area (TPSA) is 71.7 Å². The number of rotatable bonds is 8. The lowest BCUT2D eigenvalue weighted by atomic mass is 9.88. The summed E-state index contributed by atoms with van der Waals surface area (Å²) in [5, 5.41) is 9.15. The minimum atomic E-state index is -0.0758. The Morgan fingerprint density at radius 1 is 1.22 bits per heavy atom. The van der Waals surface area contributed by atoms with E-state index in [1.54, 1.807) is 11.3 Å². The Hall–Kier alpha value is -1.89. The van der Waals surface area contributed by atoms with Crippen molar-refractivity contribution in [3.05, 3.63) is 58.3 Å². The number of aliphatic imine (C=N–C) groups is 1. The molecule has 3 rings (SSSR count). The first-order valence-electron chi connectivity index (χ1n) is 9.63. The summed E-state index contributed by atoms with van der Waals surface area (Å²) in [4.78, 5) is 6.01. The van der Waals surface area contributed by atoms with Crippen molar-refractivity contribution in [1.82, 2.24) is 10.6 Å². The average molecular weight is 387 g/mol. The predicted molar refractivity (Wildman–Crippen MR) is 113 cm³/mol. The molecule has 1 aromatic carbocycles. The maximum Gasteiger partial charge on any atom is 0.188 e. The number of nitrogens with zero attached hydrogens (tertiary/aromatic N) is 1. The molecule has 1 aromatic heterocycles. The first kappa shape index (κ1) is 19.9. The highest BCUT2D eigenvalue weighted by Gasteiger charge is 2.33. The van der Waals surface area contributed by atoms with Gasteiger partial charge in [-0.3, -0.25) is 4.99 Å². The van der Waals surface area contributed by atoms with Gasteiger partial charge in [-0.15, -0.1) is 11.3 Å². The maximum atomic E-state index is 6.11. The van der Waals surface area contributed by atoms with E-state index in [0.717, 1.165) is 39.0 Å². The van der Waals surface area contributed by atoms with Crippen LogP contribution in [0.5, 0.6) is 0 Å². The zero-order chi connectivity index (χ0) is 19.0. The summed E-state index contributed by atoms with van der Waals surface area (Å²) >= 11 is 1.77. The lowest BCUT2D eigenvalue weighted by Crippen LogP contribution is -2.53. The van der Waals surface area contributed by atoms with Gasteiger partial charge in [0.25, 0.3) is 0 Å². The summed E-state index contributed by atoms with van der Waals surface area (Å²) in [7, 11) is 0. The third-order valence-electron chi connectivity index (χ3n) is 5.08. The van der Waals surface area contributed by atoms with E-state index in [0.29, 0.717) is 12.5 Å². The van der Waals surface area contributed by atoms with Crippen molar-refractivity contribution in [1.29, 1.82) is 0 Å². The molecule has 0 amide bonds. The molecule has 0 aliphatic carbocycles. The van der Waals surface area contributed by atoms with Gasteiger partial charge in [-0.2, -0.15) is 0 Å². The number of ether oxygens (including phenoxy) is 1. The monoisotopic (exact) mass is 386 g/mol. The van der Waals surface area contributed by atoms with Crippen molar-refractivity contribution in [3.63, 3.8) is 0 Å². The molecular formula is C21H30N4OS. The largest absolute Gasteiger partial charge is 0.381 e. The number of thiophene rings is 1. The number of nitrogens with one attached hydrogen (secondary N) is 2.